The minimum absolute atomic E-state index is 0.569. The molecule has 1 atom stereocenters. The number of aromatic nitrogens is 2. The van der Waals surface area contributed by atoms with Gasteiger partial charge in [-0.1, -0.05) is 13.8 Å². The highest BCUT2D eigenvalue weighted by Crippen LogP contribution is 2.17. The van der Waals surface area contributed by atoms with Crippen molar-refractivity contribution in [1.29, 1.82) is 0 Å². The Morgan fingerprint density at radius 3 is 2.29 bits per heavy atom. The summed E-state index contributed by atoms with van der Waals surface area (Å²) in [6, 6.07) is 0.569. The summed E-state index contributed by atoms with van der Waals surface area (Å²) in [5.74, 6) is 0.780. The van der Waals surface area contributed by atoms with E-state index in [1.807, 2.05) is 11.7 Å². The van der Waals surface area contributed by atoms with E-state index >= 15 is 0 Å². The lowest BCUT2D eigenvalue weighted by Gasteiger charge is -2.17. The van der Waals surface area contributed by atoms with Gasteiger partial charge in [0.1, 0.15) is 0 Å². The Kier molecular flexibility index (Phi) is 5.19. The molecule has 0 bridgehead atoms. The van der Waals surface area contributed by atoms with Gasteiger partial charge in [0.25, 0.3) is 0 Å². The molecule has 3 heteroatoms. The van der Waals surface area contributed by atoms with Crippen molar-refractivity contribution in [2.75, 3.05) is 7.05 Å². The SMILES string of the molecule is CNC(CCC(C)C)Cc1c(C)nn(C)c1C. The average Bonchev–Trinajstić information content (AvgIpc) is 2.49. The van der Waals surface area contributed by atoms with Crippen molar-refractivity contribution in [2.24, 2.45) is 13.0 Å². The Morgan fingerprint density at radius 1 is 1.24 bits per heavy atom. The van der Waals surface area contributed by atoms with E-state index in [4.69, 9.17) is 0 Å². The van der Waals surface area contributed by atoms with E-state index in [-0.39, 0.29) is 0 Å². The van der Waals surface area contributed by atoms with Crippen LogP contribution in [0, 0.1) is 19.8 Å². The summed E-state index contributed by atoms with van der Waals surface area (Å²) in [5, 5.41) is 7.91. The molecule has 0 aliphatic rings. The number of hydrogen-bond donors (Lipinski definition) is 1. The Balaban J connectivity index is 2.67. The molecule has 1 heterocycles. The molecule has 0 saturated carbocycles. The fourth-order valence-electron chi connectivity index (χ4n) is 2.24. The van der Waals surface area contributed by atoms with Crippen LogP contribution in [0.15, 0.2) is 0 Å². The lowest BCUT2D eigenvalue weighted by Crippen LogP contribution is -2.28. The molecule has 1 unspecified atom stereocenters. The molecule has 1 N–H and O–H groups in total. The Labute approximate surface area is 106 Å². The summed E-state index contributed by atoms with van der Waals surface area (Å²) in [6.45, 7) is 8.84. The highest BCUT2D eigenvalue weighted by molar-refractivity contribution is 5.25. The summed E-state index contributed by atoms with van der Waals surface area (Å²) in [6.07, 6.45) is 3.61. The molecule has 0 aliphatic carbocycles. The zero-order chi connectivity index (χ0) is 13.0. The lowest BCUT2D eigenvalue weighted by molar-refractivity contribution is 0.450. The Bertz CT molecular complexity index is 353. The van der Waals surface area contributed by atoms with Crippen LogP contribution in [-0.2, 0) is 13.5 Å². The summed E-state index contributed by atoms with van der Waals surface area (Å²) >= 11 is 0. The van der Waals surface area contributed by atoms with E-state index in [9.17, 15) is 0 Å². The van der Waals surface area contributed by atoms with Gasteiger partial charge in [-0.15, -0.1) is 0 Å². The minimum atomic E-state index is 0.569. The standard InChI is InChI=1S/C14H27N3/c1-10(2)7-8-13(15-5)9-14-11(3)16-17(6)12(14)4/h10,13,15H,7-9H2,1-6H3. The van der Waals surface area contributed by atoms with Crippen molar-refractivity contribution in [3.63, 3.8) is 0 Å². The molecule has 98 valence electrons. The van der Waals surface area contributed by atoms with Crippen LogP contribution in [0.4, 0.5) is 0 Å². The maximum atomic E-state index is 4.48. The van der Waals surface area contributed by atoms with E-state index in [2.05, 4.69) is 45.2 Å². The smallest absolute Gasteiger partial charge is 0.0628 e. The van der Waals surface area contributed by atoms with Crippen LogP contribution in [0.1, 0.15) is 43.6 Å². The van der Waals surface area contributed by atoms with E-state index in [1.165, 1.54) is 29.8 Å². The third kappa shape index (κ3) is 3.84. The molecular weight excluding hydrogens is 210 g/mol. The average molecular weight is 237 g/mol. The van der Waals surface area contributed by atoms with Crippen LogP contribution >= 0.6 is 0 Å². The predicted molar refractivity (Wildman–Crippen MR) is 73.3 cm³/mol. The normalized spacial score (nSPS) is 13.4. The van der Waals surface area contributed by atoms with Crippen molar-refractivity contribution < 1.29 is 0 Å². The van der Waals surface area contributed by atoms with E-state index in [0.717, 1.165) is 12.3 Å². The van der Waals surface area contributed by atoms with Gasteiger partial charge in [-0.05, 0) is 51.6 Å². The largest absolute Gasteiger partial charge is 0.317 e. The number of likely N-dealkylation sites (N-methyl/N-ethyl adjacent to an activating group) is 1. The van der Waals surface area contributed by atoms with Gasteiger partial charge in [-0.3, -0.25) is 4.68 Å². The monoisotopic (exact) mass is 237 g/mol. The number of hydrogen-bond acceptors (Lipinski definition) is 2. The van der Waals surface area contributed by atoms with E-state index in [1.54, 1.807) is 0 Å². The molecule has 0 amide bonds. The van der Waals surface area contributed by atoms with Crippen molar-refractivity contribution >= 4 is 0 Å². The zero-order valence-electron chi connectivity index (χ0n) is 12.2. The third-order valence-electron chi connectivity index (χ3n) is 3.61. The third-order valence-corrected chi connectivity index (χ3v) is 3.61. The van der Waals surface area contributed by atoms with Crippen molar-refractivity contribution in [3.05, 3.63) is 17.0 Å². The molecule has 0 aliphatic heterocycles. The quantitative estimate of drug-likeness (QED) is 0.824. The molecule has 3 nitrogen and oxygen atoms in total. The number of aryl methyl sites for hydroxylation is 2. The summed E-state index contributed by atoms with van der Waals surface area (Å²) in [7, 11) is 4.08. The van der Waals surface area contributed by atoms with Gasteiger partial charge in [0, 0.05) is 18.8 Å². The Hall–Kier alpha value is -0.830. The molecule has 0 saturated heterocycles. The van der Waals surface area contributed by atoms with Crippen LogP contribution < -0.4 is 5.32 Å². The van der Waals surface area contributed by atoms with E-state index in [0.29, 0.717) is 6.04 Å². The zero-order valence-corrected chi connectivity index (χ0v) is 12.2. The second-order valence-corrected chi connectivity index (χ2v) is 5.43. The molecule has 0 radical (unpaired) electrons. The topological polar surface area (TPSA) is 29.9 Å². The van der Waals surface area contributed by atoms with E-state index < -0.39 is 0 Å². The number of nitrogens with zero attached hydrogens (tertiary/aromatic N) is 2. The summed E-state index contributed by atoms with van der Waals surface area (Å²) < 4.78 is 1.99. The molecule has 0 spiro atoms. The molecule has 1 aromatic heterocycles. The molecule has 0 fully saturated rings. The molecule has 1 rings (SSSR count). The van der Waals surface area contributed by atoms with Gasteiger partial charge in [0.05, 0.1) is 5.69 Å². The van der Waals surface area contributed by atoms with Gasteiger partial charge in [0.2, 0.25) is 0 Å². The van der Waals surface area contributed by atoms with Gasteiger partial charge in [0.15, 0.2) is 0 Å². The maximum absolute atomic E-state index is 4.48. The van der Waals surface area contributed by atoms with Gasteiger partial charge in [-0.2, -0.15) is 5.10 Å². The first kappa shape index (κ1) is 14.2. The van der Waals surface area contributed by atoms with Crippen molar-refractivity contribution in [1.82, 2.24) is 15.1 Å². The first-order valence-corrected chi connectivity index (χ1v) is 6.62. The van der Waals surface area contributed by atoms with Crippen LogP contribution in [-0.4, -0.2) is 22.9 Å². The van der Waals surface area contributed by atoms with Crippen LogP contribution in [0.25, 0.3) is 0 Å². The minimum Gasteiger partial charge on any atom is -0.317 e. The maximum Gasteiger partial charge on any atom is 0.0628 e. The fourth-order valence-corrected chi connectivity index (χ4v) is 2.24. The fraction of sp³-hybridized carbons (Fsp3) is 0.786. The summed E-state index contributed by atoms with van der Waals surface area (Å²) in [4.78, 5) is 0. The molecule has 17 heavy (non-hydrogen) atoms. The Morgan fingerprint density at radius 2 is 1.88 bits per heavy atom. The highest BCUT2D eigenvalue weighted by atomic mass is 15.3. The van der Waals surface area contributed by atoms with Crippen molar-refractivity contribution in [2.45, 2.75) is 53.0 Å². The lowest BCUT2D eigenvalue weighted by atomic mass is 9.97. The second kappa shape index (κ2) is 6.20. The molecule has 0 aromatic carbocycles. The first-order chi connectivity index (χ1) is 7.95. The van der Waals surface area contributed by atoms with Crippen LogP contribution in [0.2, 0.25) is 0 Å². The predicted octanol–water partition coefficient (Wildman–Crippen LogP) is 2.60. The number of rotatable bonds is 6. The molecular formula is C14H27N3. The van der Waals surface area contributed by atoms with Crippen LogP contribution in [0.5, 0.6) is 0 Å². The van der Waals surface area contributed by atoms with Gasteiger partial charge >= 0.3 is 0 Å². The van der Waals surface area contributed by atoms with Gasteiger partial charge in [-0.25, -0.2) is 0 Å². The highest BCUT2D eigenvalue weighted by Gasteiger charge is 2.15. The molecule has 1 aromatic rings. The first-order valence-electron chi connectivity index (χ1n) is 6.62. The second-order valence-electron chi connectivity index (χ2n) is 5.43. The van der Waals surface area contributed by atoms with Crippen LogP contribution in [0.3, 0.4) is 0 Å². The number of nitrogens with one attached hydrogen (secondary N) is 1. The van der Waals surface area contributed by atoms with Crippen molar-refractivity contribution in [3.8, 4) is 0 Å². The summed E-state index contributed by atoms with van der Waals surface area (Å²) in [5.41, 5.74) is 3.89. The van der Waals surface area contributed by atoms with Gasteiger partial charge < -0.3 is 5.32 Å².